The average Bonchev–Trinajstić information content (AvgIpc) is 3.25. The second-order valence-corrected chi connectivity index (χ2v) is 7.28. The minimum atomic E-state index is -0.0532. The Morgan fingerprint density at radius 1 is 0.968 bits per heavy atom. The maximum absolute atomic E-state index is 13.0. The third-order valence-electron chi connectivity index (χ3n) is 5.29. The summed E-state index contributed by atoms with van der Waals surface area (Å²) >= 11 is 0. The molecule has 0 fully saturated rings. The summed E-state index contributed by atoms with van der Waals surface area (Å²) in [4.78, 5) is 14.7. The zero-order chi connectivity index (χ0) is 21.8. The lowest BCUT2D eigenvalue weighted by Crippen LogP contribution is -2.28. The smallest absolute Gasteiger partial charge is 0.253 e. The van der Waals surface area contributed by atoms with Crippen molar-refractivity contribution in [2.45, 2.75) is 6.42 Å². The van der Waals surface area contributed by atoms with Crippen molar-refractivity contribution in [3.8, 4) is 22.8 Å². The van der Waals surface area contributed by atoms with E-state index in [1.54, 1.807) is 32.2 Å². The summed E-state index contributed by atoms with van der Waals surface area (Å²) < 4.78 is 16.2. The third kappa shape index (κ3) is 4.23. The lowest BCUT2D eigenvalue weighted by molar-refractivity contribution is 0.0797. The Hall–Kier alpha value is -3.80. The maximum atomic E-state index is 13.0. The summed E-state index contributed by atoms with van der Waals surface area (Å²) in [5.41, 5.74) is 3.32. The molecule has 31 heavy (non-hydrogen) atoms. The van der Waals surface area contributed by atoms with Crippen molar-refractivity contribution in [2.24, 2.45) is 0 Å². The number of ether oxygens (including phenoxy) is 2. The number of fused-ring (bicyclic) bond motifs is 1. The van der Waals surface area contributed by atoms with E-state index >= 15 is 0 Å². The van der Waals surface area contributed by atoms with Gasteiger partial charge in [-0.05, 0) is 42.3 Å². The first-order chi connectivity index (χ1) is 15.1. The second kappa shape index (κ2) is 8.92. The van der Waals surface area contributed by atoms with Crippen LogP contribution >= 0.6 is 0 Å². The zero-order valence-electron chi connectivity index (χ0n) is 17.8. The molecule has 1 aromatic heterocycles. The number of benzene rings is 3. The first kappa shape index (κ1) is 20.5. The van der Waals surface area contributed by atoms with Crippen LogP contribution in [-0.4, -0.2) is 43.8 Å². The van der Waals surface area contributed by atoms with Gasteiger partial charge in [-0.3, -0.25) is 4.79 Å². The summed E-state index contributed by atoms with van der Waals surface area (Å²) in [6, 6.07) is 21.0. The monoisotopic (exact) mass is 416 g/mol. The first-order valence-corrected chi connectivity index (χ1v) is 10.0. The van der Waals surface area contributed by atoms with Gasteiger partial charge >= 0.3 is 0 Å². The number of rotatable bonds is 7. The lowest BCUT2D eigenvalue weighted by Gasteiger charge is -2.18. The molecule has 0 N–H and O–H groups in total. The lowest BCUT2D eigenvalue weighted by atomic mass is 10.1. The van der Waals surface area contributed by atoms with Crippen LogP contribution in [0.1, 0.15) is 15.9 Å². The minimum absolute atomic E-state index is 0.0532. The van der Waals surface area contributed by atoms with E-state index in [-0.39, 0.29) is 5.91 Å². The minimum Gasteiger partial charge on any atom is -0.493 e. The summed E-state index contributed by atoms with van der Waals surface area (Å²) in [7, 11) is 5.03. The van der Waals surface area contributed by atoms with Crippen LogP contribution in [0.4, 0.5) is 0 Å². The van der Waals surface area contributed by atoms with Crippen LogP contribution in [-0.2, 0) is 6.42 Å². The van der Waals surface area contributed by atoms with Gasteiger partial charge in [0.1, 0.15) is 5.52 Å². The molecule has 0 bridgehead atoms. The highest BCUT2D eigenvalue weighted by Crippen LogP contribution is 2.30. The molecule has 4 aromatic rings. The van der Waals surface area contributed by atoms with Gasteiger partial charge in [-0.15, -0.1) is 0 Å². The molecule has 6 heteroatoms. The molecule has 0 aliphatic heterocycles. The Labute approximate surface area is 181 Å². The van der Waals surface area contributed by atoms with Crippen LogP contribution in [0.2, 0.25) is 0 Å². The van der Waals surface area contributed by atoms with E-state index in [0.717, 1.165) is 22.0 Å². The Kier molecular flexibility index (Phi) is 5.89. The molecule has 0 atom stereocenters. The summed E-state index contributed by atoms with van der Waals surface area (Å²) in [6.45, 7) is 0.571. The van der Waals surface area contributed by atoms with Crippen LogP contribution in [0.3, 0.4) is 0 Å². The fourth-order valence-corrected chi connectivity index (χ4v) is 3.53. The highest BCUT2D eigenvalue weighted by Gasteiger charge is 2.16. The largest absolute Gasteiger partial charge is 0.493 e. The first-order valence-electron chi connectivity index (χ1n) is 10.0. The van der Waals surface area contributed by atoms with Crippen LogP contribution in [0.5, 0.6) is 11.5 Å². The van der Waals surface area contributed by atoms with Gasteiger partial charge in [0.25, 0.3) is 5.91 Å². The molecular weight excluding hydrogens is 392 g/mol. The Morgan fingerprint density at radius 2 is 1.74 bits per heavy atom. The molecule has 0 saturated carbocycles. The van der Waals surface area contributed by atoms with E-state index in [2.05, 4.69) is 5.16 Å². The number of carbonyl (C=O) groups excluding carboxylic acids is 1. The van der Waals surface area contributed by atoms with Crippen LogP contribution in [0.25, 0.3) is 22.2 Å². The fourth-order valence-electron chi connectivity index (χ4n) is 3.53. The topological polar surface area (TPSA) is 64.8 Å². The molecule has 0 aliphatic rings. The Bertz CT molecular complexity index is 1200. The van der Waals surface area contributed by atoms with Gasteiger partial charge < -0.3 is 18.9 Å². The Balaban J connectivity index is 1.51. The zero-order valence-corrected chi connectivity index (χ0v) is 17.8. The van der Waals surface area contributed by atoms with E-state index in [9.17, 15) is 4.79 Å². The third-order valence-corrected chi connectivity index (χ3v) is 5.29. The number of hydrogen-bond acceptors (Lipinski definition) is 5. The van der Waals surface area contributed by atoms with Crippen molar-refractivity contribution in [3.05, 3.63) is 77.9 Å². The summed E-state index contributed by atoms with van der Waals surface area (Å²) in [5.74, 6) is 1.98. The van der Waals surface area contributed by atoms with Gasteiger partial charge in [0.2, 0.25) is 0 Å². The molecule has 0 spiro atoms. The number of nitrogens with zero attached hydrogens (tertiary/aromatic N) is 2. The normalized spacial score (nSPS) is 10.8. The molecule has 158 valence electrons. The second-order valence-electron chi connectivity index (χ2n) is 7.28. The van der Waals surface area contributed by atoms with E-state index in [4.69, 9.17) is 14.0 Å². The fraction of sp³-hybridized carbons (Fsp3) is 0.200. The van der Waals surface area contributed by atoms with Crippen LogP contribution < -0.4 is 9.47 Å². The van der Waals surface area contributed by atoms with Gasteiger partial charge in [-0.2, -0.15) is 0 Å². The highest BCUT2D eigenvalue weighted by molar-refractivity contribution is 6.00. The molecular formula is C25H24N2O4. The molecule has 0 saturated heterocycles. The summed E-state index contributed by atoms with van der Waals surface area (Å²) in [6.07, 6.45) is 0.702. The van der Waals surface area contributed by atoms with Crippen molar-refractivity contribution in [3.63, 3.8) is 0 Å². The summed E-state index contributed by atoms with van der Waals surface area (Å²) in [5, 5.41) is 4.95. The number of hydrogen-bond donors (Lipinski definition) is 0. The van der Waals surface area contributed by atoms with Crippen molar-refractivity contribution in [1.82, 2.24) is 10.1 Å². The quantitative estimate of drug-likeness (QED) is 0.432. The molecule has 1 heterocycles. The number of carbonyl (C=O) groups is 1. The van der Waals surface area contributed by atoms with E-state index in [1.807, 2.05) is 60.7 Å². The van der Waals surface area contributed by atoms with E-state index in [1.165, 1.54) is 0 Å². The van der Waals surface area contributed by atoms with Crippen molar-refractivity contribution in [2.75, 3.05) is 27.8 Å². The molecule has 0 radical (unpaired) electrons. The van der Waals surface area contributed by atoms with E-state index < -0.39 is 0 Å². The molecule has 3 aromatic carbocycles. The van der Waals surface area contributed by atoms with Gasteiger partial charge in [-0.1, -0.05) is 41.6 Å². The maximum Gasteiger partial charge on any atom is 0.253 e. The van der Waals surface area contributed by atoms with Gasteiger partial charge in [-0.25, -0.2) is 0 Å². The molecule has 1 amide bonds. The number of amides is 1. The van der Waals surface area contributed by atoms with Gasteiger partial charge in [0, 0.05) is 24.7 Å². The standard InChI is InChI=1S/C25H24N2O4/c1-27(14-13-17-9-12-22(29-2)23(15-17)30-3)25(28)19-10-11-21-20(16-19)24(31-26-21)18-7-5-4-6-8-18/h4-12,15-16H,13-14H2,1-3H3. The van der Waals surface area contributed by atoms with Crippen molar-refractivity contribution >= 4 is 16.8 Å². The average molecular weight is 416 g/mol. The SMILES string of the molecule is COc1ccc(CCN(C)C(=O)c2ccc3noc(-c4ccccc4)c3c2)cc1OC. The molecule has 0 aliphatic carbocycles. The van der Waals surface area contributed by atoms with Crippen LogP contribution in [0.15, 0.2) is 71.3 Å². The molecule has 4 rings (SSSR count). The van der Waals surface area contributed by atoms with Gasteiger partial charge in [0.05, 0.1) is 19.6 Å². The Morgan fingerprint density at radius 3 is 2.48 bits per heavy atom. The van der Waals surface area contributed by atoms with Crippen molar-refractivity contribution < 1.29 is 18.8 Å². The number of methoxy groups -OCH3 is 2. The van der Waals surface area contributed by atoms with Gasteiger partial charge in [0.15, 0.2) is 17.3 Å². The highest BCUT2D eigenvalue weighted by atomic mass is 16.5. The number of likely N-dealkylation sites (N-methyl/N-ethyl adjacent to an activating group) is 1. The predicted molar refractivity (Wildman–Crippen MR) is 120 cm³/mol. The molecule has 0 unspecified atom stereocenters. The van der Waals surface area contributed by atoms with Crippen LogP contribution in [0, 0.1) is 0 Å². The van der Waals surface area contributed by atoms with E-state index in [0.29, 0.717) is 35.8 Å². The number of aromatic nitrogens is 1. The molecule has 6 nitrogen and oxygen atoms in total. The predicted octanol–water partition coefficient (Wildman–Crippen LogP) is 4.83. The van der Waals surface area contributed by atoms with Crippen molar-refractivity contribution in [1.29, 1.82) is 0 Å².